The van der Waals surface area contributed by atoms with E-state index in [1.165, 1.54) is 64.2 Å². The molecule has 0 aliphatic heterocycles. The Balaban J connectivity index is -0.000000680. The van der Waals surface area contributed by atoms with E-state index in [4.69, 9.17) is 17.5 Å². The molecule has 0 rings (SSSR count). The molecule has 0 aromatic rings. The van der Waals surface area contributed by atoms with Crippen molar-refractivity contribution < 1.29 is 36.1 Å². The molecule has 0 spiro atoms. The summed E-state index contributed by atoms with van der Waals surface area (Å²) in [6, 6.07) is 0. The number of amides is 2. The van der Waals surface area contributed by atoms with Gasteiger partial charge in [-0.25, -0.2) is 0 Å². The van der Waals surface area contributed by atoms with Gasteiger partial charge in [0, 0.05) is 49.2 Å². The SMILES string of the molecule is C=CCCCCCCCCC(=O)NCCC[N+](C)(C)C.C=CCCCCCCCCC(=O)NCCC[N+](C)(C)C.O=S(=O)([O-])[O-]. The lowest BCUT2D eigenvalue weighted by atomic mass is 10.1. The number of quaternary nitrogens is 2. The van der Waals surface area contributed by atoms with E-state index in [1.54, 1.807) is 0 Å². The first-order valence-electron chi connectivity index (χ1n) is 16.9. The van der Waals surface area contributed by atoms with Crippen LogP contribution in [0, 0.1) is 0 Å². The highest BCUT2D eigenvalue weighted by molar-refractivity contribution is 7.79. The van der Waals surface area contributed by atoms with Gasteiger partial charge in [-0.3, -0.25) is 18.0 Å². The highest BCUT2D eigenvalue weighted by Gasteiger charge is 2.08. The largest absolute Gasteiger partial charge is 0.759 e. The lowest BCUT2D eigenvalue weighted by molar-refractivity contribution is -0.870. The molecular formula is C34H70N4O6S. The average Bonchev–Trinajstić information content (AvgIpc) is 2.90. The summed E-state index contributed by atoms with van der Waals surface area (Å²) >= 11 is 0. The Bertz CT molecular complexity index is 775. The van der Waals surface area contributed by atoms with Crippen LogP contribution in [-0.2, 0) is 20.0 Å². The minimum atomic E-state index is -5.17. The highest BCUT2D eigenvalue weighted by Crippen LogP contribution is 2.09. The Morgan fingerprint density at radius 2 is 0.822 bits per heavy atom. The Kier molecular flexibility index (Phi) is 32.6. The second-order valence-electron chi connectivity index (χ2n) is 13.7. The summed E-state index contributed by atoms with van der Waals surface area (Å²) < 4.78 is 36.0. The van der Waals surface area contributed by atoms with Crippen molar-refractivity contribution in [2.45, 2.75) is 116 Å². The van der Waals surface area contributed by atoms with E-state index in [1.807, 2.05) is 12.2 Å². The molecule has 0 aliphatic rings. The predicted molar refractivity (Wildman–Crippen MR) is 186 cm³/mol. The molecule has 0 atom stereocenters. The quantitative estimate of drug-likeness (QED) is 0.0402. The molecule has 11 heteroatoms. The lowest BCUT2D eigenvalue weighted by Crippen LogP contribution is -2.37. The second kappa shape index (κ2) is 30.8. The van der Waals surface area contributed by atoms with Crippen LogP contribution in [0.2, 0.25) is 0 Å². The van der Waals surface area contributed by atoms with Gasteiger partial charge < -0.3 is 28.7 Å². The summed E-state index contributed by atoms with van der Waals surface area (Å²) in [5.41, 5.74) is 0. The molecule has 268 valence electrons. The fraction of sp³-hybridized carbons (Fsp3) is 0.824. The van der Waals surface area contributed by atoms with E-state index in [9.17, 15) is 9.59 Å². The number of unbranched alkanes of at least 4 members (excludes halogenated alkanes) is 12. The zero-order chi connectivity index (χ0) is 35.0. The molecule has 45 heavy (non-hydrogen) atoms. The smallest absolute Gasteiger partial charge is 0.219 e. The van der Waals surface area contributed by atoms with E-state index in [0.29, 0.717) is 12.8 Å². The summed E-state index contributed by atoms with van der Waals surface area (Å²) in [6.07, 6.45) is 24.4. The Hall–Kier alpha value is -1.79. The van der Waals surface area contributed by atoms with Gasteiger partial charge in [0.25, 0.3) is 0 Å². The molecule has 0 aromatic carbocycles. The van der Waals surface area contributed by atoms with Gasteiger partial charge in [0.2, 0.25) is 11.8 Å². The van der Waals surface area contributed by atoms with Crippen LogP contribution < -0.4 is 10.6 Å². The summed E-state index contributed by atoms with van der Waals surface area (Å²) in [6.45, 7) is 11.3. The van der Waals surface area contributed by atoms with Crippen molar-refractivity contribution >= 4 is 22.2 Å². The van der Waals surface area contributed by atoms with Gasteiger partial charge in [-0.15, -0.1) is 13.2 Å². The molecule has 0 bridgehead atoms. The third-order valence-corrected chi connectivity index (χ3v) is 6.78. The maximum absolute atomic E-state index is 11.6. The first kappa shape index (κ1) is 47.6. The fourth-order valence-corrected chi connectivity index (χ4v) is 4.30. The van der Waals surface area contributed by atoms with Crippen molar-refractivity contribution in [2.24, 2.45) is 0 Å². The van der Waals surface area contributed by atoms with Crippen LogP contribution in [0.25, 0.3) is 0 Å². The Morgan fingerprint density at radius 3 is 1.09 bits per heavy atom. The van der Waals surface area contributed by atoms with E-state index in [2.05, 4.69) is 66.1 Å². The molecule has 0 saturated heterocycles. The monoisotopic (exact) mass is 663 g/mol. The van der Waals surface area contributed by atoms with Crippen LogP contribution in [0.15, 0.2) is 25.3 Å². The van der Waals surface area contributed by atoms with Gasteiger partial charge >= 0.3 is 0 Å². The molecular weight excluding hydrogens is 592 g/mol. The molecule has 0 radical (unpaired) electrons. The van der Waals surface area contributed by atoms with Gasteiger partial charge in [0.15, 0.2) is 0 Å². The molecule has 2 amide bonds. The Morgan fingerprint density at radius 1 is 0.556 bits per heavy atom. The van der Waals surface area contributed by atoms with E-state index in [-0.39, 0.29) is 11.8 Å². The van der Waals surface area contributed by atoms with Crippen molar-refractivity contribution in [2.75, 3.05) is 68.5 Å². The topological polar surface area (TPSA) is 138 Å². The molecule has 0 fully saturated rings. The van der Waals surface area contributed by atoms with Crippen LogP contribution in [0.4, 0.5) is 0 Å². The molecule has 0 unspecified atom stereocenters. The number of allylic oxidation sites excluding steroid dienone is 2. The highest BCUT2D eigenvalue weighted by atomic mass is 32.3. The van der Waals surface area contributed by atoms with Crippen molar-refractivity contribution in [3.63, 3.8) is 0 Å². The van der Waals surface area contributed by atoms with E-state index < -0.39 is 10.4 Å². The van der Waals surface area contributed by atoms with E-state index in [0.717, 1.165) is 73.7 Å². The van der Waals surface area contributed by atoms with Crippen molar-refractivity contribution in [3.8, 4) is 0 Å². The van der Waals surface area contributed by atoms with Gasteiger partial charge in [-0.1, -0.05) is 63.5 Å². The molecule has 2 N–H and O–H groups in total. The van der Waals surface area contributed by atoms with Gasteiger partial charge in [-0.05, 0) is 38.5 Å². The van der Waals surface area contributed by atoms with Crippen molar-refractivity contribution in [3.05, 3.63) is 25.3 Å². The average molecular weight is 663 g/mol. The van der Waals surface area contributed by atoms with Crippen molar-refractivity contribution in [1.29, 1.82) is 0 Å². The van der Waals surface area contributed by atoms with Crippen LogP contribution >= 0.6 is 0 Å². The van der Waals surface area contributed by atoms with Crippen molar-refractivity contribution in [1.82, 2.24) is 10.6 Å². The number of nitrogens with zero attached hydrogens (tertiary/aromatic N) is 2. The van der Waals surface area contributed by atoms with Crippen LogP contribution in [0.5, 0.6) is 0 Å². The standard InChI is InChI=1S/2C17H34N2O.H2O4S/c2*1-5-6-7-8-9-10-11-12-14-17(20)18-15-13-16-19(2,3)4;1-5(2,3)4/h2*5H,1,6-16H2,2-4H3;(H2,1,2,3,4). The van der Waals surface area contributed by atoms with Crippen LogP contribution in [0.3, 0.4) is 0 Å². The van der Waals surface area contributed by atoms with Gasteiger partial charge in [0.05, 0.1) is 55.4 Å². The van der Waals surface area contributed by atoms with Crippen LogP contribution in [0.1, 0.15) is 116 Å². The number of hydrogen-bond acceptors (Lipinski definition) is 6. The molecule has 0 aliphatic carbocycles. The predicted octanol–water partition coefficient (Wildman–Crippen LogP) is 5.67. The minimum Gasteiger partial charge on any atom is -0.759 e. The summed E-state index contributed by atoms with van der Waals surface area (Å²) in [5, 5.41) is 6.03. The molecule has 0 saturated carbocycles. The van der Waals surface area contributed by atoms with Gasteiger partial charge in [-0.2, -0.15) is 0 Å². The number of nitrogens with one attached hydrogen (secondary N) is 2. The molecule has 10 nitrogen and oxygen atoms in total. The first-order chi connectivity index (χ1) is 20.9. The normalized spacial score (nSPS) is 11.4. The Labute approximate surface area is 277 Å². The number of carbonyl (C=O) groups is 2. The molecule has 0 aromatic heterocycles. The summed E-state index contributed by atoms with van der Waals surface area (Å²) in [5.74, 6) is 0.441. The second-order valence-corrected chi connectivity index (χ2v) is 14.6. The maximum atomic E-state index is 11.6. The molecule has 0 heterocycles. The number of carbonyl (C=O) groups excluding carboxylic acids is 2. The maximum Gasteiger partial charge on any atom is 0.219 e. The third-order valence-electron chi connectivity index (χ3n) is 6.78. The lowest BCUT2D eigenvalue weighted by Gasteiger charge is -2.23. The van der Waals surface area contributed by atoms with Gasteiger partial charge in [0.1, 0.15) is 0 Å². The van der Waals surface area contributed by atoms with E-state index >= 15 is 0 Å². The third kappa shape index (κ3) is 58.3. The van der Waals surface area contributed by atoms with Crippen LogP contribution in [-0.4, -0.2) is 107 Å². The zero-order valence-electron chi connectivity index (χ0n) is 29.9. The number of rotatable bonds is 26. The minimum absolute atomic E-state index is 0.220. The summed E-state index contributed by atoms with van der Waals surface area (Å²) in [7, 11) is 7.90. The number of hydrogen-bond donors (Lipinski definition) is 2. The fourth-order valence-electron chi connectivity index (χ4n) is 4.30. The first-order valence-corrected chi connectivity index (χ1v) is 18.3. The summed E-state index contributed by atoms with van der Waals surface area (Å²) in [4.78, 5) is 23.2. The zero-order valence-corrected chi connectivity index (χ0v) is 30.7.